The molecule has 7 heteroatoms. The Kier molecular flexibility index (Phi) is 5.64. The molecule has 1 fully saturated rings. The van der Waals surface area contributed by atoms with E-state index in [1.807, 2.05) is 32.9 Å². The third-order valence-electron chi connectivity index (χ3n) is 3.87. The average Bonchev–Trinajstić information content (AvgIpc) is 2.52. The lowest BCUT2D eigenvalue weighted by Gasteiger charge is -2.40. The van der Waals surface area contributed by atoms with Gasteiger partial charge in [0.2, 0.25) is 0 Å². The maximum atomic E-state index is 12.2. The van der Waals surface area contributed by atoms with Gasteiger partial charge >= 0.3 is 12.2 Å². The maximum Gasteiger partial charge on any atom is 0.410 e. The minimum absolute atomic E-state index is 0.246. The van der Waals surface area contributed by atoms with Crippen LogP contribution < -0.4 is 0 Å². The van der Waals surface area contributed by atoms with Gasteiger partial charge in [-0.25, -0.2) is 9.59 Å². The van der Waals surface area contributed by atoms with Gasteiger partial charge in [0, 0.05) is 32.0 Å². The van der Waals surface area contributed by atoms with Crippen LogP contribution in [0, 0.1) is 0 Å². The monoisotopic (exact) mass is 335 g/mol. The van der Waals surface area contributed by atoms with Crippen molar-refractivity contribution >= 4 is 12.2 Å². The number of hydrogen-bond donors (Lipinski definition) is 1. The number of aromatic nitrogens is 1. The fourth-order valence-electron chi connectivity index (χ4n) is 2.73. The Bertz CT molecular complexity index is 571. The molecule has 1 aromatic rings. The summed E-state index contributed by atoms with van der Waals surface area (Å²) in [6.45, 7) is 6.45. The zero-order valence-corrected chi connectivity index (χ0v) is 14.4. The van der Waals surface area contributed by atoms with Crippen LogP contribution in [-0.2, 0) is 11.2 Å². The summed E-state index contributed by atoms with van der Waals surface area (Å²) >= 11 is 0. The van der Waals surface area contributed by atoms with Crippen molar-refractivity contribution in [3.8, 4) is 0 Å². The molecule has 24 heavy (non-hydrogen) atoms. The Morgan fingerprint density at radius 3 is 2.71 bits per heavy atom. The van der Waals surface area contributed by atoms with Gasteiger partial charge in [0.05, 0.1) is 6.04 Å². The zero-order chi connectivity index (χ0) is 17.7. The number of carbonyl (C=O) groups is 2. The second kappa shape index (κ2) is 7.51. The molecule has 7 nitrogen and oxygen atoms in total. The molecule has 1 aromatic heterocycles. The molecule has 1 aliphatic rings. The first-order valence-corrected chi connectivity index (χ1v) is 8.12. The molecule has 132 valence electrons. The van der Waals surface area contributed by atoms with Gasteiger partial charge < -0.3 is 19.6 Å². The number of carbonyl (C=O) groups excluding carboxylic acids is 1. The second-order valence-corrected chi connectivity index (χ2v) is 6.96. The van der Waals surface area contributed by atoms with Gasteiger partial charge in [0.25, 0.3) is 0 Å². The van der Waals surface area contributed by atoms with Crippen molar-refractivity contribution in [3.05, 3.63) is 30.1 Å². The Hall–Kier alpha value is -2.31. The molecule has 1 aliphatic heterocycles. The SMILES string of the molecule is CC(C)(C)OC(=O)N1CCN(C(=O)O)C(CCc2cccnc2)C1. The first-order valence-electron chi connectivity index (χ1n) is 8.12. The predicted octanol–water partition coefficient (Wildman–Crippen LogP) is 2.61. The minimum Gasteiger partial charge on any atom is -0.465 e. The standard InChI is InChI=1S/C17H25N3O4/c1-17(2,3)24-16(23)19-9-10-20(15(21)22)14(12-19)7-6-13-5-4-8-18-11-13/h4-5,8,11,14H,6-7,9-10,12H2,1-3H3,(H,21,22). The summed E-state index contributed by atoms with van der Waals surface area (Å²) in [5, 5.41) is 9.40. The van der Waals surface area contributed by atoms with Crippen LogP contribution in [0.2, 0.25) is 0 Å². The topological polar surface area (TPSA) is 83.0 Å². The van der Waals surface area contributed by atoms with E-state index >= 15 is 0 Å². The number of ether oxygens (including phenoxy) is 1. The molecule has 1 saturated heterocycles. The number of amides is 2. The minimum atomic E-state index is -0.949. The van der Waals surface area contributed by atoms with Crippen molar-refractivity contribution in [2.24, 2.45) is 0 Å². The molecule has 1 atom stereocenters. The highest BCUT2D eigenvalue weighted by Crippen LogP contribution is 2.18. The van der Waals surface area contributed by atoms with Crippen LogP contribution in [0.15, 0.2) is 24.5 Å². The molecule has 2 amide bonds. The third-order valence-corrected chi connectivity index (χ3v) is 3.87. The van der Waals surface area contributed by atoms with E-state index in [1.165, 1.54) is 4.90 Å². The van der Waals surface area contributed by atoms with E-state index in [0.29, 0.717) is 32.5 Å². The van der Waals surface area contributed by atoms with E-state index < -0.39 is 11.7 Å². The highest BCUT2D eigenvalue weighted by Gasteiger charge is 2.34. The van der Waals surface area contributed by atoms with E-state index in [4.69, 9.17) is 4.74 Å². The highest BCUT2D eigenvalue weighted by atomic mass is 16.6. The number of rotatable bonds is 3. The van der Waals surface area contributed by atoms with Crippen molar-refractivity contribution in [2.45, 2.75) is 45.3 Å². The van der Waals surface area contributed by atoms with Gasteiger partial charge in [-0.3, -0.25) is 4.98 Å². The van der Waals surface area contributed by atoms with Gasteiger partial charge in [0.15, 0.2) is 0 Å². The summed E-state index contributed by atoms with van der Waals surface area (Å²) in [7, 11) is 0. The number of aryl methyl sites for hydroxylation is 1. The molecule has 1 N–H and O–H groups in total. The summed E-state index contributed by atoms with van der Waals surface area (Å²) in [5.74, 6) is 0. The van der Waals surface area contributed by atoms with Gasteiger partial charge in [-0.1, -0.05) is 6.07 Å². The van der Waals surface area contributed by atoms with Crippen molar-refractivity contribution in [3.63, 3.8) is 0 Å². The Morgan fingerprint density at radius 2 is 2.12 bits per heavy atom. The Morgan fingerprint density at radius 1 is 1.38 bits per heavy atom. The van der Waals surface area contributed by atoms with Gasteiger partial charge in [-0.15, -0.1) is 0 Å². The van der Waals surface area contributed by atoms with Gasteiger partial charge in [0.1, 0.15) is 5.60 Å². The van der Waals surface area contributed by atoms with Crippen LogP contribution in [0.5, 0.6) is 0 Å². The third kappa shape index (κ3) is 5.11. The lowest BCUT2D eigenvalue weighted by molar-refractivity contribution is 0.00453. The first-order chi connectivity index (χ1) is 11.3. The lowest BCUT2D eigenvalue weighted by Crippen LogP contribution is -2.57. The summed E-state index contributed by atoms with van der Waals surface area (Å²) in [6, 6.07) is 3.58. The van der Waals surface area contributed by atoms with E-state index in [2.05, 4.69) is 4.98 Å². The van der Waals surface area contributed by atoms with E-state index in [9.17, 15) is 14.7 Å². The number of hydrogen-bond acceptors (Lipinski definition) is 4. The quantitative estimate of drug-likeness (QED) is 0.918. The number of pyridine rings is 1. The normalized spacial score (nSPS) is 18.4. The predicted molar refractivity (Wildman–Crippen MR) is 88.9 cm³/mol. The number of piperazine rings is 1. The van der Waals surface area contributed by atoms with Crippen molar-refractivity contribution in [1.29, 1.82) is 0 Å². The molecule has 0 aliphatic carbocycles. The van der Waals surface area contributed by atoms with E-state index in [0.717, 1.165) is 5.56 Å². The van der Waals surface area contributed by atoms with E-state index in [-0.39, 0.29) is 12.1 Å². The number of nitrogens with zero attached hydrogens (tertiary/aromatic N) is 3. The van der Waals surface area contributed by atoms with Crippen molar-refractivity contribution in [2.75, 3.05) is 19.6 Å². The first kappa shape index (κ1) is 18.0. The van der Waals surface area contributed by atoms with Crippen LogP contribution in [0.25, 0.3) is 0 Å². The van der Waals surface area contributed by atoms with Crippen LogP contribution in [0.3, 0.4) is 0 Å². The molecule has 0 radical (unpaired) electrons. The molecule has 1 unspecified atom stereocenters. The fourth-order valence-corrected chi connectivity index (χ4v) is 2.73. The van der Waals surface area contributed by atoms with Crippen LogP contribution >= 0.6 is 0 Å². The summed E-state index contributed by atoms with van der Waals surface area (Å²) in [6.07, 6.45) is 3.49. The van der Waals surface area contributed by atoms with Crippen molar-refractivity contribution in [1.82, 2.24) is 14.8 Å². The van der Waals surface area contributed by atoms with Crippen molar-refractivity contribution < 1.29 is 19.4 Å². The molecule has 0 saturated carbocycles. The largest absolute Gasteiger partial charge is 0.465 e. The highest BCUT2D eigenvalue weighted by molar-refractivity contribution is 5.70. The van der Waals surface area contributed by atoms with Crippen LogP contribution in [0.4, 0.5) is 9.59 Å². The van der Waals surface area contributed by atoms with E-state index in [1.54, 1.807) is 17.3 Å². The molecule has 0 aromatic carbocycles. The Labute approximate surface area is 142 Å². The average molecular weight is 335 g/mol. The molecule has 2 rings (SSSR count). The lowest BCUT2D eigenvalue weighted by atomic mass is 10.0. The van der Waals surface area contributed by atoms with Crippen LogP contribution in [-0.4, -0.2) is 63.4 Å². The number of carboxylic acid groups (broad SMARTS) is 1. The molecule has 2 heterocycles. The smallest absolute Gasteiger partial charge is 0.410 e. The summed E-state index contributed by atoms with van der Waals surface area (Å²) in [5.41, 5.74) is 0.490. The molecule has 0 bridgehead atoms. The van der Waals surface area contributed by atoms with Gasteiger partial charge in [-0.05, 0) is 45.2 Å². The molecule has 0 spiro atoms. The second-order valence-electron chi connectivity index (χ2n) is 6.96. The van der Waals surface area contributed by atoms with Gasteiger partial charge in [-0.2, -0.15) is 0 Å². The van der Waals surface area contributed by atoms with Crippen LogP contribution in [0.1, 0.15) is 32.8 Å². The zero-order valence-electron chi connectivity index (χ0n) is 14.4. The summed E-state index contributed by atoms with van der Waals surface area (Å²) < 4.78 is 5.40. The molecular formula is C17H25N3O4. The Balaban J connectivity index is 2.00. The summed E-state index contributed by atoms with van der Waals surface area (Å²) in [4.78, 5) is 30.8. The maximum absolute atomic E-state index is 12.2. The molecular weight excluding hydrogens is 310 g/mol. The fraction of sp³-hybridized carbons (Fsp3) is 0.588.